The highest BCUT2D eigenvalue weighted by Gasteiger charge is 2.08. The average molecular weight is 243 g/mol. The predicted octanol–water partition coefficient (Wildman–Crippen LogP) is 3.01. The van der Waals surface area contributed by atoms with Crippen molar-refractivity contribution in [2.45, 2.75) is 26.2 Å². The summed E-state index contributed by atoms with van der Waals surface area (Å²) in [4.78, 5) is 4.37. The second-order valence-corrected chi connectivity index (χ2v) is 4.22. The van der Waals surface area contributed by atoms with Gasteiger partial charge in [-0.25, -0.2) is 0 Å². The van der Waals surface area contributed by atoms with Crippen LogP contribution in [0.2, 0.25) is 0 Å². The molecule has 0 amide bonds. The quantitative estimate of drug-likeness (QED) is 0.876. The summed E-state index contributed by atoms with van der Waals surface area (Å²) < 4.78 is 5.21. The maximum atomic E-state index is 5.67. The zero-order valence-electron chi connectivity index (χ0n) is 10.5. The molecule has 0 saturated heterocycles. The van der Waals surface area contributed by atoms with Crippen molar-refractivity contribution in [2.75, 3.05) is 0 Å². The maximum absolute atomic E-state index is 5.67. The summed E-state index contributed by atoms with van der Waals surface area (Å²) in [6, 6.07) is 7.66. The van der Waals surface area contributed by atoms with Crippen LogP contribution < -0.4 is 5.73 Å². The zero-order chi connectivity index (χ0) is 13.0. The molecule has 2 rings (SSSR count). The van der Waals surface area contributed by atoms with Crippen LogP contribution in [-0.4, -0.2) is 10.1 Å². The Morgan fingerprint density at radius 3 is 3.00 bits per heavy atom. The third-order valence-electron chi connectivity index (χ3n) is 2.70. The molecule has 0 saturated carbocycles. The molecule has 18 heavy (non-hydrogen) atoms. The van der Waals surface area contributed by atoms with Gasteiger partial charge < -0.3 is 10.3 Å². The first-order chi connectivity index (χ1) is 8.70. The van der Waals surface area contributed by atoms with E-state index < -0.39 is 0 Å². The molecule has 0 unspecified atom stereocenters. The van der Waals surface area contributed by atoms with Gasteiger partial charge in [0.25, 0.3) is 0 Å². The van der Waals surface area contributed by atoms with E-state index >= 15 is 0 Å². The van der Waals surface area contributed by atoms with Gasteiger partial charge in [0.2, 0.25) is 11.7 Å². The molecule has 4 heteroatoms. The van der Waals surface area contributed by atoms with Crippen LogP contribution >= 0.6 is 0 Å². The number of nitrogens with two attached hydrogens (primary N) is 1. The van der Waals surface area contributed by atoms with E-state index in [4.69, 9.17) is 10.3 Å². The number of unbranched alkanes of at least 4 members (excludes halogenated alkanes) is 1. The molecule has 0 bridgehead atoms. The van der Waals surface area contributed by atoms with Crippen molar-refractivity contribution < 1.29 is 4.52 Å². The van der Waals surface area contributed by atoms with E-state index in [0.717, 1.165) is 30.4 Å². The number of hydrogen-bond donors (Lipinski definition) is 1. The summed E-state index contributed by atoms with van der Waals surface area (Å²) in [6.07, 6.45) is 2.99. The van der Waals surface area contributed by atoms with Crippen molar-refractivity contribution in [3.05, 3.63) is 42.3 Å². The van der Waals surface area contributed by atoms with Crippen molar-refractivity contribution in [2.24, 2.45) is 5.73 Å². The van der Waals surface area contributed by atoms with E-state index in [1.807, 2.05) is 24.3 Å². The third kappa shape index (κ3) is 2.77. The van der Waals surface area contributed by atoms with Crippen LogP contribution in [0.4, 0.5) is 0 Å². The minimum absolute atomic E-state index is 0.534. The Kier molecular flexibility index (Phi) is 3.77. The molecule has 0 radical (unpaired) electrons. The lowest BCUT2D eigenvalue weighted by Gasteiger charge is -2.00. The number of hydrogen-bond acceptors (Lipinski definition) is 4. The second-order valence-electron chi connectivity index (χ2n) is 4.22. The molecule has 1 heterocycles. The van der Waals surface area contributed by atoms with E-state index in [0.29, 0.717) is 17.4 Å². The van der Waals surface area contributed by atoms with Crippen LogP contribution in [0.1, 0.15) is 31.2 Å². The second kappa shape index (κ2) is 5.49. The molecule has 1 aromatic heterocycles. The van der Waals surface area contributed by atoms with Gasteiger partial charge in [-0.15, -0.1) is 0 Å². The molecule has 0 aliphatic carbocycles. The topological polar surface area (TPSA) is 64.9 Å². The number of rotatable bonds is 5. The van der Waals surface area contributed by atoms with E-state index in [9.17, 15) is 0 Å². The van der Waals surface area contributed by atoms with Crippen molar-refractivity contribution in [3.63, 3.8) is 0 Å². The van der Waals surface area contributed by atoms with E-state index in [1.165, 1.54) is 0 Å². The van der Waals surface area contributed by atoms with Crippen molar-refractivity contribution in [1.29, 1.82) is 0 Å². The lowest BCUT2D eigenvalue weighted by atomic mass is 10.1. The van der Waals surface area contributed by atoms with Crippen LogP contribution in [0.5, 0.6) is 0 Å². The maximum Gasteiger partial charge on any atom is 0.226 e. The lowest BCUT2D eigenvalue weighted by molar-refractivity contribution is 0.375. The minimum atomic E-state index is 0.534. The molecular weight excluding hydrogens is 226 g/mol. The predicted molar refractivity (Wildman–Crippen MR) is 71.6 cm³/mol. The summed E-state index contributed by atoms with van der Waals surface area (Å²) in [5, 5.41) is 3.98. The van der Waals surface area contributed by atoms with Gasteiger partial charge in [-0.1, -0.05) is 43.3 Å². The fourth-order valence-corrected chi connectivity index (χ4v) is 1.66. The molecule has 94 valence electrons. The average Bonchev–Trinajstić information content (AvgIpc) is 2.85. The Labute approximate surface area is 107 Å². The van der Waals surface area contributed by atoms with Crippen LogP contribution in [0.3, 0.4) is 0 Å². The number of nitrogens with zero attached hydrogens (tertiary/aromatic N) is 2. The molecular formula is C14H17N3O. The highest BCUT2D eigenvalue weighted by Crippen LogP contribution is 2.19. The number of aryl methyl sites for hydroxylation is 1. The Balaban J connectivity index is 2.23. The number of benzene rings is 1. The van der Waals surface area contributed by atoms with Crippen molar-refractivity contribution in [3.8, 4) is 11.4 Å². The number of aromatic nitrogens is 2. The molecule has 0 aliphatic rings. The van der Waals surface area contributed by atoms with Gasteiger partial charge in [-0.05, 0) is 18.1 Å². The Bertz CT molecular complexity index is 545. The van der Waals surface area contributed by atoms with Gasteiger partial charge in [-0.3, -0.25) is 0 Å². The first-order valence-corrected chi connectivity index (χ1v) is 6.08. The first kappa shape index (κ1) is 12.4. The monoisotopic (exact) mass is 243 g/mol. The van der Waals surface area contributed by atoms with Crippen molar-refractivity contribution in [1.82, 2.24) is 10.1 Å². The minimum Gasteiger partial charge on any atom is -0.399 e. The van der Waals surface area contributed by atoms with Gasteiger partial charge in [0, 0.05) is 17.7 Å². The lowest BCUT2D eigenvalue weighted by Crippen LogP contribution is -1.94. The van der Waals surface area contributed by atoms with Gasteiger partial charge in [0.1, 0.15) is 0 Å². The van der Waals surface area contributed by atoms with Crippen molar-refractivity contribution >= 4 is 5.70 Å². The highest BCUT2D eigenvalue weighted by molar-refractivity contribution is 5.66. The standard InChI is InChI=1S/C14H17N3O/c1-3-4-8-13-16-14(17-18-13)12-7-5-6-11(9-12)10(2)15/h5-7,9H,2-4,8,15H2,1H3. The van der Waals surface area contributed by atoms with Crippen LogP contribution in [-0.2, 0) is 6.42 Å². The van der Waals surface area contributed by atoms with Gasteiger partial charge in [0.05, 0.1) is 0 Å². The SMILES string of the molecule is C=C(N)c1cccc(-c2noc(CCCC)n2)c1. The van der Waals surface area contributed by atoms with Gasteiger partial charge >= 0.3 is 0 Å². The van der Waals surface area contributed by atoms with Crippen LogP contribution in [0.15, 0.2) is 35.4 Å². The van der Waals surface area contributed by atoms with E-state index in [1.54, 1.807) is 0 Å². The van der Waals surface area contributed by atoms with E-state index in [-0.39, 0.29) is 0 Å². The Hall–Kier alpha value is -2.10. The van der Waals surface area contributed by atoms with E-state index in [2.05, 4.69) is 23.6 Å². The normalized spacial score (nSPS) is 10.5. The highest BCUT2D eigenvalue weighted by atomic mass is 16.5. The third-order valence-corrected chi connectivity index (χ3v) is 2.70. The molecule has 0 spiro atoms. The van der Waals surface area contributed by atoms with Crippen LogP contribution in [0.25, 0.3) is 17.1 Å². The largest absolute Gasteiger partial charge is 0.399 e. The fraction of sp³-hybridized carbons (Fsp3) is 0.286. The molecule has 2 aromatic rings. The molecule has 0 fully saturated rings. The summed E-state index contributed by atoms with van der Waals surface area (Å²) in [6.45, 7) is 5.85. The smallest absolute Gasteiger partial charge is 0.226 e. The Morgan fingerprint density at radius 1 is 1.44 bits per heavy atom. The summed E-state index contributed by atoms with van der Waals surface area (Å²) >= 11 is 0. The molecule has 2 N–H and O–H groups in total. The summed E-state index contributed by atoms with van der Waals surface area (Å²) in [5.41, 5.74) is 7.98. The first-order valence-electron chi connectivity index (χ1n) is 6.08. The van der Waals surface area contributed by atoms with Gasteiger partial charge in [-0.2, -0.15) is 4.98 Å². The van der Waals surface area contributed by atoms with Gasteiger partial charge in [0.15, 0.2) is 0 Å². The molecule has 0 atom stereocenters. The summed E-state index contributed by atoms with van der Waals surface area (Å²) in [5.74, 6) is 1.29. The zero-order valence-corrected chi connectivity index (χ0v) is 10.5. The Morgan fingerprint density at radius 2 is 2.28 bits per heavy atom. The molecule has 1 aromatic carbocycles. The molecule has 4 nitrogen and oxygen atoms in total. The van der Waals surface area contributed by atoms with Crippen LogP contribution in [0, 0.1) is 0 Å². The molecule has 0 aliphatic heterocycles. The summed E-state index contributed by atoms with van der Waals surface area (Å²) in [7, 11) is 0. The fourth-order valence-electron chi connectivity index (χ4n) is 1.66.